The van der Waals surface area contributed by atoms with Crippen LogP contribution in [0.15, 0.2) is 15.9 Å². The number of hydrogen-bond donors (Lipinski definition) is 1. The lowest BCUT2D eigenvalue weighted by Gasteiger charge is -2.21. The molecule has 1 aromatic heterocycles. The van der Waals surface area contributed by atoms with Crippen LogP contribution >= 0.6 is 39.0 Å². The molecule has 0 fully saturated rings. The normalized spacial score (nSPS) is 10.5. The van der Waals surface area contributed by atoms with Crippen molar-refractivity contribution >= 4 is 50.9 Å². The minimum Gasteiger partial charge on any atom is -0.481 e. The molecule has 20 heavy (non-hydrogen) atoms. The number of carboxylic acid groups (broad SMARTS) is 1. The van der Waals surface area contributed by atoms with Gasteiger partial charge in [-0.05, 0) is 27.4 Å². The third-order valence-electron chi connectivity index (χ3n) is 2.39. The zero-order valence-corrected chi connectivity index (χ0v) is 14.2. The number of rotatable bonds is 9. The molecule has 0 atom stereocenters. The Bertz CT molecular complexity index is 452. The van der Waals surface area contributed by atoms with Crippen molar-refractivity contribution in [1.82, 2.24) is 4.90 Å². The van der Waals surface area contributed by atoms with Crippen molar-refractivity contribution < 1.29 is 19.4 Å². The summed E-state index contributed by atoms with van der Waals surface area (Å²) >= 11 is 6.13. The minimum absolute atomic E-state index is 0.0629. The van der Waals surface area contributed by atoms with Crippen LogP contribution < -0.4 is 0 Å². The standard InChI is InChI=1S/C12H16BrNO4S2/c1-18-4-3-14(6-10-9(13)2-5-20-10)11(15)7-19-8-12(16)17/h2,5H,3-4,6-8H2,1H3,(H,16,17). The SMILES string of the molecule is COCCN(Cc1sccc1Br)C(=O)CSCC(=O)O. The Morgan fingerprint density at radius 3 is 2.80 bits per heavy atom. The van der Waals surface area contributed by atoms with Crippen LogP contribution in [-0.2, 0) is 20.9 Å². The maximum absolute atomic E-state index is 12.1. The summed E-state index contributed by atoms with van der Waals surface area (Å²) in [4.78, 5) is 25.3. The maximum atomic E-state index is 12.1. The van der Waals surface area contributed by atoms with Gasteiger partial charge in [0.15, 0.2) is 0 Å². The highest BCUT2D eigenvalue weighted by Gasteiger charge is 2.16. The summed E-state index contributed by atoms with van der Waals surface area (Å²) < 4.78 is 5.99. The zero-order valence-electron chi connectivity index (χ0n) is 11.0. The van der Waals surface area contributed by atoms with E-state index in [9.17, 15) is 9.59 Å². The summed E-state index contributed by atoms with van der Waals surface area (Å²) in [6.07, 6.45) is 0. The molecule has 5 nitrogen and oxygen atoms in total. The van der Waals surface area contributed by atoms with Crippen LogP contribution in [0.25, 0.3) is 0 Å². The van der Waals surface area contributed by atoms with Gasteiger partial charge in [0, 0.05) is 23.0 Å². The Morgan fingerprint density at radius 2 is 2.25 bits per heavy atom. The molecule has 0 aliphatic heterocycles. The number of aliphatic carboxylic acids is 1. The molecule has 1 amide bonds. The van der Waals surface area contributed by atoms with Crippen molar-refractivity contribution in [2.24, 2.45) is 0 Å². The molecule has 0 radical (unpaired) electrons. The summed E-state index contributed by atoms with van der Waals surface area (Å²) in [5, 5.41) is 10.5. The van der Waals surface area contributed by atoms with E-state index in [1.54, 1.807) is 23.3 Å². The summed E-state index contributed by atoms with van der Waals surface area (Å²) in [6, 6.07) is 1.94. The van der Waals surface area contributed by atoms with Gasteiger partial charge < -0.3 is 14.7 Å². The Labute approximate surface area is 134 Å². The van der Waals surface area contributed by atoms with Crippen molar-refractivity contribution in [3.8, 4) is 0 Å². The van der Waals surface area contributed by atoms with E-state index >= 15 is 0 Å². The van der Waals surface area contributed by atoms with Gasteiger partial charge in [-0.3, -0.25) is 9.59 Å². The number of ether oxygens (including phenoxy) is 1. The van der Waals surface area contributed by atoms with Gasteiger partial charge in [0.2, 0.25) is 5.91 Å². The van der Waals surface area contributed by atoms with Crippen molar-refractivity contribution in [3.05, 3.63) is 20.8 Å². The molecular formula is C12H16BrNO4S2. The molecule has 0 unspecified atom stereocenters. The maximum Gasteiger partial charge on any atom is 0.313 e. The Hall–Kier alpha value is -0.570. The third-order valence-corrected chi connectivity index (χ3v) is 5.21. The molecule has 0 aromatic carbocycles. The molecule has 1 heterocycles. The number of halogens is 1. The monoisotopic (exact) mass is 381 g/mol. The number of amides is 1. The first-order valence-corrected chi connectivity index (χ1v) is 8.65. The number of nitrogens with zero attached hydrogens (tertiary/aromatic N) is 1. The predicted molar refractivity (Wildman–Crippen MR) is 84.3 cm³/mol. The Balaban J connectivity index is 2.56. The lowest BCUT2D eigenvalue weighted by molar-refractivity contribution is -0.133. The van der Waals surface area contributed by atoms with Crippen molar-refractivity contribution in [2.45, 2.75) is 6.54 Å². The molecule has 1 aromatic rings. The van der Waals surface area contributed by atoms with Crippen LogP contribution in [-0.4, -0.2) is 53.7 Å². The first-order valence-electron chi connectivity index (χ1n) is 5.82. The second-order valence-corrected chi connectivity index (χ2v) is 6.73. The topological polar surface area (TPSA) is 66.8 Å². The van der Waals surface area contributed by atoms with Crippen LogP contribution in [0, 0.1) is 0 Å². The first-order chi connectivity index (χ1) is 9.54. The summed E-state index contributed by atoms with van der Waals surface area (Å²) in [7, 11) is 1.59. The quantitative estimate of drug-likeness (QED) is 0.710. The number of thioether (sulfide) groups is 1. The lowest BCUT2D eigenvalue weighted by atomic mass is 10.4. The van der Waals surface area contributed by atoms with Crippen LogP contribution in [0.1, 0.15) is 4.88 Å². The fourth-order valence-corrected chi connectivity index (χ4v) is 3.55. The highest BCUT2D eigenvalue weighted by atomic mass is 79.9. The van der Waals surface area contributed by atoms with E-state index < -0.39 is 5.97 Å². The fourth-order valence-electron chi connectivity index (χ4n) is 1.42. The average Bonchev–Trinajstić information content (AvgIpc) is 2.79. The minimum atomic E-state index is -0.910. The van der Waals surface area contributed by atoms with Crippen LogP contribution in [0.2, 0.25) is 0 Å². The first kappa shape index (κ1) is 17.5. The second kappa shape index (κ2) is 9.38. The highest BCUT2D eigenvalue weighted by Crippen LogP contribution is 2.24. The van der Waals surface area contributed by atoms with Crippen LogP contribution in [0.3, 0.4) is 0 Å². The predicted octanol–water partition coefficient (Wildman–Crippen LogP) is 2.30. The summed E-state index contributed by atoms with van der Waals surface area (Å²) in [5.41, 5.74) is 0. The number of thiophene rings is 1. The summed E-state index contributed by atoms with van der Waals surface area (Å²) in [6.45, 7) is 1.46. The van der Waals surface area contributed by atoms with Gasteiger partial charge in [-0.2, -0.15) is 0 Å². The van der Waals surface area contributed by atoms with Crippen molar-refractivity contribution in [1.29, 1.82) is 0 Å². The van der Waals surface area contributed by atoms with Gasteiger partial charge in [0.25, 0.3) is 0 Å². The van der Waals surface area contributed by atoms with Crippen molar-refractivity contribution in [3.63, 3.8) is 0 Å². The smallest absolute Gasteiger partial charge is 0.313 e. The van der Waals surface area contributed by atoms with Gasteiger partial charge in [-0.1, -0.05) is 0 Å². The fraction of sp³-hybridized carbons (Fsp3) is 0.500. The van der Waals surface area contributed by atoms with Gasteiger partial charge in [0.1, 0.15) is 0 Å². The number of methoxy groups -OCH3 is 1. The van der Waals surface area contributed by atoms with E-state index in [1.165, 1.54) is 0 Å². The molecule has 0 aliphatic carbocycles. The molecule has 0 aliphatic rings. The third kappa shape index (κ3) is 6.25. The van der Waals surface area contributed by atoms with E-state index in [2.05, 4.69) is 15.9 Å². The Morgan fingerprint density at radius 1 is 1.50 bits per heavy atom. The van der Waals surface area contributed by atoms with Gasteiger partial charge in [-0.25, -0.2) is 0 Å². The van der Waals surface area contributed by atoms with E-state index in [-0.39, 0.29) is 17.4 Å². The second-order valence-electron chi connectivity index (χ2n) is 3.89. The van der Waals surface area contributed by atoms with E-state index in [0.717, 1.165) is 21.1 Å². The van der Waals surface area contributed by atoms with E-state index in [1.807, 2.05) is 11.4 Å². The van der Waals surface area contributed by atoms with Crippen LogP contribution in [0.4, 0.5) is 0 Å². The highest BCUT2D eigenvalue weighted by molar-refractivity contribution is 9.10. The van der Waals surface area contributed by atoms with Crippen molar-refractivity contribution in [2.75, 3.05) is 31.8 Å². The van der Waals surface area contributed by atoms with Crippen LogP contribution in [0.5, 0.6) is 0 Å². The van der Waals surface area contributed by atoms with Gasteiger partial charge in [-0.15, -0.1) is 23.1 Å². The molecular weight excluding hydrogens is 366 g/mol. The molecule has 0 saturated heterocycles. The van der Waals surface area contributed by atoms with E-state index in [0.29, 0.717) is 19.7 Å². The number of hydrogen-bond acceptors (Lipinski definition) is 5. The van der Waals surface area contributed by atoms with E-state index in [4.69, 9.17) is 9.84 Å². The molecule has 112 valence electrons. The zero-order chi connectivity index (χ0) is 15.0. The molecule has 0 saturated carbocycles. The summed E-state index contributed by atoms with van der Waals surface area (Å²) in [5.74, 6) is -0.883. The molecule has 0 bridgehead atoms. The number of carbonyl (C=O) groups excluding carboxylic acids is 1. The molecule has 1 N–H and O–H groups in total. The van der Waals surface area contributed by atoms with Gasteiger partial charge >= 0.3 is 5.97 Å². The lowest BCUT2D eigenvalue weighted by Crippen LogP contribution is -2.34. The number of carbonyl (C=O) groups is 2. The molecule has 0 spiro atoms. The largest absolute Gasteiger partial charge is 0.481 e. The Kier molecular flexibility index (Phi) is 8.20. The number of carboxylic acids is 1. The van der Waals surface area contributed by atoms with Gasteiger partial charge in [0.05, 0.1) is 24.7 Å². The molecule has 1 rings (SSSR count). The average molecular weight is 382 g/mol. The molecule has 8 heteroatoms.